The van der Waals surface area contributed by atoms with Crippen LogP contribution < -0.4 is 10.6 Å². The van der Waals surface area contributed by atoms with Crippen molar-refractivity contribution >= 4 is 23.7 Å². The molecule has 9 heteroatoms. The first-order chi connectivity index (χ1) is 11.0. The molecule has 0 aliphatic heterocycles. The molecule has 0 fully saturated rings. The highest BCUT2D eigenvalue weighted by Gasteiger charge is 2.13. The number of carbonyl (C=O) groups excluding carboxylic acids is 2. The minimum Gasteiger partial charge on any atom is -0.411 e. The first-order valence-electron chi connectivity index (χ1n) is 6.99. The Hall–Kier alpha value is -2.42. The van der Waals surface area contributed by atoms with Crippen molar-refractivity contribution in [3.63, 3.8) is 0 Å². The number of nitrogens with zero attached hydrogens (tertiary/aromatic N) is 3. The largest absolute Gasteiger partial charge is 0.411 e. The second-order valence-electron chi connectivity index (χ2n) is 5.06. The van der Waals surface area contributed by atoms with Crippen LogP contribution in [0.4, 0.5) is 4.79 Å². The van der Waals surface area contributed by atoms with E-state index >= 15 is 0 Å². The molecule has 2 aromatic heterocycles. The minimum atomic E-state index is -0.508. The van der Waals surface area contributed by atoms with Gasteiger partial charge in [-0.25, -0.2) is 4.79 Å². The summed E-state index contributed by atoms with van der Waals surface area (Å²) in [5.41, 5.74) is 0.698. The van der Waals surface area contributed by atoms with Crippen molar-refractivity contribution in [3.05, 3.63) is 24.5 Å². The number of nitrogens with one attached hydrogen (secondary N) is 2. The van der Waals surface area contributed by atoms with Crippen LogP contribution in [0.1, 0.15) is 13.8 Å². The van der Waals surface area contributed by atoms with Crippen molar-refractivity contribution < 1.29 is 14.0 Å². The van der Waals surface area contributed by atoms with E-state index in [2.05, 4.69) is 25.8 Å². The number of carbonyl (C=O) groups is 2. The Morgan fingerprint density at radius 1 is 1.35 bits per heavy atom. The summed E-state index contributed by atoms with van der Waals surface area (Å²) in [4.78, 5) is 27.1. The van der Waals surface area contributed by atoms with Crippen LogP contribution in [0.15, 0.2) is 34.2 Å². The van der Waals surface area contributed by atoms with Gasteiger partial charge < -0.3 is 9.73 Å². The standard InChI is InChI=1S/C14H17N5O3S/c1-9(2)6-16-13(21)17-11(20)8-23-14-19-18-12(22-14)10-4-3-5-15-7-10/h3-5,7,9H,6,8H2,1-2H3,(H2,16,17,20,21). The highest BCUT2D eigenvalue weighted by atomic mass is 32.2. The zero-order chi connectivity index (χ0) is 16.7. The molecular formula is C14H17N5O3S. The van der Waals surface area contributed by atoms with Gasteiger partial charge in [0.2, 0.25) is 11.8 Å². The summed E-state index contributed by atoms with van der Waals surface area (Å²) in [6, 6.07) is 3.04. The molecule has 0 radical (unpaired) electrons. The summed E-state index contributed by atoms with van der Waals surface area (Å²) in [5, 5.41) is 12.8. The van der Waals surface area contributed by atoms with Crippen molar-refractivity contribution in [2.24, 2.45) is 5.92 Å². The van der Waals surface area contributed by atoms with Crippen molar-refractivity contribution in [2.45, 2.75) is 19.1 Å². The van der Waals surface area contributed by atoms with Gasteiger partial charge in [0.15, 0.2) is 0 Å². The lowest BCUT2D eigenvalue weighted by Crippen LogP contribution is -2.41. The summed E-state index contributed by atoms with van der Waals surface area (Å²) in [6.07, 6.45) is 3.25. The molecule has 0 atom stereocenters. The van der Waals surface area contributed by atoms with Gasteiger partial charge in [0.25, 0.3) is 5.22 Å². The van der Waals surface area contributed by atoms with Crippen molar-refractivity contribution in [1.82, 2.24) is 25.8 Å². The maximum Gasteiger partial charge on any atom is 0.321 e. The Bertz CT molecular complexity index is 659. The second kappa shape index (κ2) is 8.28. The van der Waals surface area contributed by atoms with Gasteiger partial charge in [-0.2, -0.15) is 0 Å². The molecule has 23 heavy (non-hydrogen) atoms. The zero-order valence-corrected chi connectivity index (χ0v) is 13.6. The quantitative estimate of drug-likeness (QED) is 0.773. The number of imide groups is 1. The van der Waals surface area contributed by atoms with E-state index in [1.54, 1.807) is 24.5 Å². The lowest BCUT2D eigenvalue weighted by Gasteiger charge is -2.07. The predicted octanol–water partition coefficient (Wildman–Crippen LogP) is 1.71. The van der Waals surface area contributed by atoms with Crippen molar-refractivity contribution in [2.75, 3.05) is 12.3 Å². The molecule has 0 saturated heterocycles. The first kappa shape index (κ1) is 16.9. The van der Waals surface area contributed by atoms with Crippen LogP contribution in [0, 0.1) is 5.92 Å². The lowest BCUT2D eigenvalue weighted by molar-refractivity contribution is -0.117. The molecule has 8 nitrogen and oxygen atoms in total. The average molecular weight is 335 g/mol. The molecule has 0 aliphatic carbocycles. The fourth-order valence-corrected chi connectivity index (χ4v) is 2.07. The Kier molecular flexibility index (Phi) is 6.10. The number of pyridine rings is 1. The van der Waals surface area contributed by atoms with Gasteiger partial charge in [-0.1, -0.05) is 25.6 Å². The predicted molar refractivity (Wildman–Crippen MR) is 84.6 cm³/mol. The fraction of sp³-hybridized carbons (Fsp3) is 0.357. The maximum atomic E-state index is 11.7. The number of urea groups is 1. The van der Waals surface area contributed by atoms with Crippen LogP contribution in [0.25, 0.3) is 11.5 Å². The molecule has 0 bridgehead atoms. The molecule has 2 aromatic rings. The summed E-state index contributed by atoms with van der Waals surface area (Å²) in [6.45, 7) is 4.44. The van der Waals surface area contributed by atoms with E-state index < -0.39 is 11.9 Å². The van der Waals surface area contributed by atoms with E-state index in [-0.39, 0.29) is 11.0 Å². The Labute approximate surface area is 137 Å². The number of amides is 3. The number of rotatable bonds is 6. The third-order valence-corrected chi connectivity index (χ3v) is 3.38. The van der Waals surface area contributed by atoms with Gasteiger partial charge in [0, 0.05) is 18.9 Å². The molecule has 2 rings (SSSR count). The van der Waals surface area contributed by atoms with E-state index in [4.69, 9.17) is 4.42 Å². The number of aromatic nitrogens is 3. The number of thioether (sulfide) groups is 1. The maximum absolute atomic E-state index is 11.7. The normalized spacial score (nSPS) is 10.6. The van der Waals surface area contributed by atoms with Crippen LogP contribution in [-0.4, -0.2) is 39.4 Å². The van der Waals surface area contributed by atoms with Gasteiger partial charge in [0.1, 0.15) is 0 Å². The van der Waals surface area contributed by atoms with Gasteiger partial charge >= 0.3 is 6.03 Å². The van der Waals surface area contributed by atoms with Crippen LogP contribution in [0.2, 0.25) is 0 Å². The molecule has 0 saturated carbocycles. The van der Waals surface area contributed by atoms with Gasteiger partial charge in [-0.15, -0.1) is 10.2 Å². The van der Waals surface area contributed by atoms with Crippen LogP contribution in [0.5, 0.6) is 0 Å². The molecule has 2 heterocycles. The highest BCUT2D eigenvalue weighted by Crippen LogP contribution is 2.21. The number of hydrogen-bond acceptors (Lipinski definition) is 7. The first-order valence-corrected chi connectivity index (χ1v) is 7.97. The Balaban J connectivity index is 1.79. The fourth-order valence-electron chi connectivity index (χ4n) is 1.51. The SMILES string of the molecule is CC(C)CNC(=O)NC(=O)CSc1nnc(-c2cccnc2)o1. The molecule has 122 valence electrons. The summed E-state index contributed by atoms with van der Waals surface area (Å²) < 4.78 is 5.42. The van der Waals surface area contributed by atoms with Crippen molar-refractivity contribution in [3.8, 4) is 11.5 Å². The van der Waals surface area contributed by atoms with Gasteiger partial charge in [-0.3, -0.25) is 15.1 Å². The van der Waals surface area contributed by atoms with Crippen LogP contribution in [-0.2, 0) is 4.79 Å². The number of hydrogen-bond donors (Lipinski definition) is 2. The monoisotopic (exact) mass is 335 g/mol. The smallest absolute Gasteiger partial charge is 0.321 e. The topological polar surface area (TPSA) is 110 Å². The van der Waals surface area contributed by atoms with E-state index in [9.17, 15) is 9.59 Å². The van der Waals surface area contributed by atoms with Crippen LogP contribution >= 0.6 is 11.8 Å². The lowest BCUT2D eigenvalue weighted by atomic mass is 10.2. The van der Waals surface area contributed by atoms with Gasteiger partial charge in [0.05, 0.1) is 11.3 Å². The van der Waals surface area contributed by atoms with Crippen LogP contribution in [0.3, 0.4) is 0 Å². The molecule has 0 aliphatic rings. The molecular weight excluding hydrogens is 318 g/mol. The summed E-state index contributed by atoms with van der Waals surface area (Å²) >= 11 is 1.06. The Morgan fingerprint density at radius 3 is 2.87 bits per heavy atom. The summed E-state index contributed by atoms with van der Waals surface area (Å²) in [7, 11) is 0. The average Bonchev–Trinajstić information content (AvgIpc) is 3.01. The van der Waals surface area contributed by atoms with E-state index in [1.807, 2.05) is 13.8 Å². The third-order valence-electron chi connectivity index (χ3n) is 2.57. The molecule has 3 amide bonds. The third kappa shape index (κ3) is 5.70. The Morgan fingerprint density at radius 2 is 2.17 bits per heavy atom. The van der Waals surface area contributed by atoms with E-state index in [0.29, 0.717) is 23.9 Å². The molecule has 0 aromatic carbocycles. The zero-order valence-electron chi connectivity index (χ0n) is 12.8. The summed E-state index contributed by atoms with van der Waals surface area (Å²) in [5.74, 6) is 0.214. The van der Waals surface area contributed by atoms with E-state index in [1.165, 1.54) is 0 Å². The molecule has 0 unspecified atom stereocenters. The van der Waals surface area contributed by atoms with E-state index in [0.717, 1.165) is 11.8 Å². The van der Waals surface area contributed by atoms with Gasteiger partial charge in [-0.05, 0) is 18.1 Å². The highest BCUT2D eigenvalue weighted by molar-refractivity contribution is 7.99. The molecule has 0 spiro atoms. The second-order valence-corrected chi connectivity index (χ2v) is 5.98. The van der Waals surface area contributed by atoms with Crippen molar-refractivity contribution in [1.29, 1.82) is 0 Å². The minimum absolute atomic E-state index is 0.00374. The molecule has 2 N–H and O–H groups in total.